The molecule has 1 fully saturated rings. The van der Waals surface area contributed by atoms with Crippen LogP contribution in [0, 0.1) is 21.4 Å². The van der Waals surface area contributed by atoms with E-state index in [1.165, 1.54) is 12.1 Å². The molecule has 1 aliphatic rings. The Balaban J connectivity index is 1.60. The molecule has 0 bridgehead atoms. The van der Waals surface area contributed by atoms with Gasteiger partial charge < -0.3 is 10.2 Å². The molecule has 8 nitrogen and oxygen atoms in total. The molecule has 1 heterocycles. The number of anilines is 2. The summed E-state index contributed by atoms with van der Waals surface area (Å²) in [5.41, 5.74) is 1.59. The summed E-state index contributed by atoms with van der Waals surface area (Å²) >= 11 is 0. The van der Waals surface area contributed by atoms with Crippen LogP contribution in [0.15, 0.2) is 48.5 Å². The molecular weight excluding hydrogens is 346 g/mol. The van der Waals surface area contributed by atoms with Crippen molar-refractivity contribution >= 4 is 23.0 Å². The van der Waals surface area contributed by atoms with Crippen molar-refractivity contribution in [3.05, 3.63) is 64.2 Å². The molecule has 27 heavy (non-hydrogen) atoms. The number of hydrogen-bond donors (Lipinski definition) is 1. The highest BCUT2D eigenvalue weighted by molar-refractivity contribution is 5.92. The Labute approximate surface area is 156 Å². The van der Waals surface area contributed by atoms with Crippen LogP contribution < -0.4 is 10.2 Å². The molecule has 1 amide bonds. The first-order chi connectivity index (χ1) is 13.1. The van der Waals surface area contributed by atoms with Crippen LogP contribution >= 0.6 is 0 Å². The fourth-order valence-electron chi connectivity index (χ4n) is 3.07. The average Bonchev–Trinajstić information content (AvgIpc) is 2.68. The maximum absolute atomic E-state index is 12.2. The molecule has 8 heteroatoms. The number of carbonyl (C=O) groups is 1. The molecule has 0 aromatic heterocycles. The quantitative estimate of drug-likeness (QED) is 0.644. The predicted molar refractivity (Wildman–Crippen MR) is 102 cm³/mol. The van der Waals surface area contributed by atoms with Gasteiger partial charge in [0, 0.05) is 37.9 Å². The highest BCUT2D eigenvalue weighted by Crippen LogP contribution is 2.30. The largest absolute Gasteiger partial charge is 0.363 e. The summed E-state index contributed by atoms with van der Waals surface area (Å²) in [5.74, 6) is -0.0906. The highest BCUT2D eigenvalue weighted by atomic mass is 16.6. The molecule has 0 aliphatic carbocycles. The molecule has 2 aromatic rings. The van der Waals surface area contributed by atoms with Crippen molar-refractivity contribution in [1.82, 2.24) is 4.90 Å². The fourth-order valence-corrected chi connectivity index (χ4v) is 3.07. The van der Waals surface area contributed by atoms with E-state index >= 15 is 0 Å². The third kappa shape index (κ3) is 4.59. The van der Waals surface area contributed by atoms with Crippen molar-refractivity contribution in [1.29, 1.82) is 5.26 Å². The fraction of sp³-hybridized carbons (Fsp3) is 0.263. The van der Waals surface area contributed by atoms with Crippen LogP contribution in [-0.4, -0.2) is 48.5 Å². The maximum Gasteiger partial charge on any atom is 0.292 e. The summed E-state index contributed by atoms with van der Waals surface area (Å²) in [6.45, 7) is 2.58. The zero-order chi connectivity index (χ0) is 19.2. The van der Waals surface area contributed by atoms with Crippen molar-refractivity contribution in [2.75, 3.05) is 42.9 Å². The number of piperazine rings is 1. The number of nitrogens with one attached hydrogen (secondary N) is 1. The van der Waals surface area contributed by atoms with E-state index in [-0.39, 0.29) is 18.1 Å². The van der Waals surface area contributed by atoms with Crippen molar-refractivity contribution in [3.63, 3.8) is 0 Å². The smallest absolute Gasteiger partial charge is 0.292 e. The molecular formula is C19H19N5O3. The van der Waals surface area contributed by atoms with E-state index in [0.29, 0.717) is 37.4 Å². The summed E-state index contributed by atoms with van der Waals surface area (Å²) in [7, 11) is 0. The molecule has 2 aromatic carbocycles. The van der Waals surface area contributed by atoms with Gasteiger partial charge in [-0.2, -0.15) is 5.26 Å². The van der Waals surface area contributed by atoms with Crippen LogP contribution in [0.1, 0.15) is 5.56 Å². The number of nitro benzene ring substituents is 1. The number of para-hydroxylation sites is 1. The average molecular weight is 365 g/mol. The van der Waals surface area contributed by atoms with Gasteiger partial charge in [0.15, 0.2) is 0 Å². The number of nitro groups is 1. The van der Waals surface area contributed by atoms with Gasteiger partial charge in [0.2, 0.25) is 5.91 Å². The van der Waals surface area contributed by atoms with Crippen LogP contribution in [0.3, 0.4) is 0 Å². The van der Waals surface area contributed by atoms with Gasteiger partial charge in [0.1, 0.15) is 5.69 Å². The second kappa shape index (κ2) is 8.29. The monoisotopic (exact) mass is 365 g/mol. The van der Waals surface area contributed by atoms with E-state index in [4.69, 9.17) is 5.26 Å². The molecule has 0 saturated carbocycles. The van der Waals surface area contributed by atoms with E-state index in [0.717, 1.165) is 5.69 Å². The lowest BCUT2D eigenvalue weighted by Crippen LogP contribution is -2.48. The van der Waals surface area contributed by atoms with E-state index in [1.807, 2.05) is 46.2 Å². The first-order valence-electron chi connectivity index (χ1n) is 8.57. The summed E-state index contributed by atoms with van der Waals surface area (Å²) in [6.07, 6.45) is 0. The number of nitriles is 1. The standard InChI is InChI=1S/C19H19N5O3/c20-13-15-6-7-17(24(26)27)18(12-15)23-10-8-22(9-11-23)14-19(25)21-16-4-2-1-3-5-16/h1-7,12H,8-11,14H2,(H,21,25). The van der Waals surface area contributed by atoms with Gasteiger partial charge in [-0.3, -0.25) is 19.8 Å². The summed E-state index contributed by atoms with van der Waals surface area (Å²) in [6, 6.07) is 15.6. The lowest BCUT2D eigenvalue weighted by molar-refractivity contribution is -0.384. The molecule has 0 unspecified atom stereocenters. The van der Waals surface area contributed by atoms with E-state index in [9.17, 15) is 14.9 Å². The molecule has 138 valence electrons. The molecule has 0 spiro atoms. The molecule has 3 rings (SSSR count). The van der Waals surface area contributed by atoms with Crippen molar-refractivity contribution in [2.24, 2.45) is 0 Å². The minimum Gasteiger partial charge on any atom is -0.363 e. The number of rotatable bonds is 5. The minimum atomic E-state index is -0.434. The first-order valence-corrected chi connectivity index (χ1v) is 8.57. The van der Waals surface area contributed by atoms with Gasteiger partial charge in [-0.15, -0.1) is 0 Å². The SMILES string of the molecule is N#Cc1ccc([N+](=O)[O-])c(N2CCN(CC(=O)Nc3ccccc3)CC2)c1. The maximum atomic E-state index is 12.2. The summed E-state index contributed by atoms with van der Waals surface area (Å²) in [4.78, 5) is 26.9. The predicted octanol–water partition coefficient (Wildman–Crippen LogP) is 2.23. The van der Waals surface area contributed by atoms with Gasteiger partial charge >= 0.3 is 0 Å². The highest BCUT2D eigenvalue weighted by Gasteiger charge is 2.25. The van der Waals surface area contributed by atoms with Crippen molar-refractivity contribution < 1.29 is 9.72 Å². The van der Waals surface area contributed by atoms with Gasteiger partial charge in [-0.05, 0) is 24.3 Å². The molecule has 0 radical (unpaired) electrons. The minimum absolute atomic E-state index is 0.00993. The number of carbonyl (C=O) groups excluding carboxylic acids is 1. The lowest BCUT2D eigenvalue weighted by Gasteiger charge is -2.35. The molecule has 1 N–H and O–H groups in total. The van der Waals surface area contributed by atoms with Gasteiger partial charge in [-0.25, -0.2) is 0 Å². The number of hydrogen-bond acceptors (Lipinski definition) is 6. The Bertz CT molecular complexity index is 871. The third-order valence-corrected chi connectivity index (χ3v) is 4.44. The summed E-state index contributed by atoms with van der Waals surface area (Å²) < 4.78 is 0. The Morgan fingerprint density at radius 1 is 1.15 bits per heavy atom. The normalized spacial score (nSPS) is 14.4. The van der Waals surface area contributed by atoms with E-state index < -0.39 is 4.92 Å². The zero-order valence-corrected chi connectivity index (χ0v) is 14.7. The van der Waals surface area contributed by atoms with E-state index in [1.54, 1.807) is 6.07 Å². The van der Waals surface area contributed by atoms with Crippen LogP contribution in [0.25, 0.3) is 0 Å². The second-order valence-electron chi connectivity index (χ2n) is 6.25. The Hall–Kier alpha value is -3.44. The Morgan fingerprint density at radius 3 is 2.48 bits per heavy atom. The third-order valence-electron chi connectivity index (χ3n) is 4.44. The van der Waals surface area contributed by atoms with Crippen molar-refractivity contribution in [3.8, 4) is 6.07 Å². The molecule has 1 saturated heterocycles. The van der Waals surface area contributed by atoms with Gasteiger partial charge in [0.05, 0.1) is 23.1 Å². The number of benzene rings is 2. The van der Waals surface area contributed by atoms with Crippen LogP contribution in [-0.2, 0) is 4.79 Å². The Kier molecular flexibility index (Phi) is 5.64. The van der Waals surface area contributed by atoms with Gasteiger partial charge in [-0.1, -0.05) is 18.2 Å². The number of amides is 1. The van der Waals surface area contributed by atoms with Crippen LogP contribution in [0.5, 0.6) is 0 Å². The zero-order valence-electron chi connectivity index (χ0n) is 14.7. The first kappa shape index (κ1) is 18.4. The topological polar surface area (TPSA) is 103 Å². The summed E-state index contributed by atoms with van der Waals surface area (Å²) in [5, 5.41) is 23.2. The lowest BCUT2D eigenvalue weighted by atomic mass is 10.1. The second-order valence-corrected chi connectivity index (χ2v) is 6.25. The van der Waals surface area contributed by atoms with Crippen LogP contribution in [0.2, 0.25) is 0 Å². The van der Waals surface area contributed by atoms with Crippen molar-refractivity contribution in [2.45, 2.75) is 0 Å². The Morgan fingerprint density at radius 2 is 1.85 bits per heavy atom. The van der Waals surface area contributed by atoms with Crippen LogP contribution in [0.4, 0.5) is 17.1 Å². The molecule has 1 aliphatic heterocycles. The van der Waals surface area contributed by atoms with Gasteiger partial charge in [0.25, 0.3) is 5.69 Å². The van der Waals surface area contributed by atoms with E-state index in [2.05, 4.69) is 5.32 Å². The number of nitrogens with zero attached hydrogens (tertiary/aromatic N) is 4. The molecule has 0 atom stereocenters.